The van der Waals surface area contributed by atoms with E-state index >= 15 is 0 Å². The third-order valence-corrected chi connectivity index (χ3v) is 4.97. The molecule has 0 aromatic rings. The molecule has 2 aliphatic rings. The van der Waals surface area contributed by atoms with Crippen molar-refractivity contribution >= 4 is 12.0 Å². The van der Waals surface area contributed by atoms with E-state index in [9.17, 15) is 9.59 Å². The molecule has 20 heavy (non-hydrogen) atoms. The average Bonchev–Trinajstić information content (AvgIpc) is 2.80. The number of carboxylic acid groups (broad SMARTS) is 1. The van der Waals surface area contributed by atoms with E-state index in [0.29, 0.717) is 24.8 Å². The van der Waals surface area contributed by atoms with Crippen LogP contribution in [0.5, 0.6) is 0 Å². The summed E-state index contributed by atoms with van der Waals surface area (Å²) in [6.45, 7) is 5.18. The molecule has 1 aliphatic heterocycles. The minimum absolute atomic E-state index is 0.0416. The molecular weight excluding hydrogens is 256 g/mol. The van der Waals surface area contributed by atoms with Crippen LogP contribution in [0.15, 0.2) is 0 Å². The van der Waals surface area contributed by atoms with Gasteiger partial charge >= 0.3 is 12.0 Å². The van der Waals surface area contributed by atoms with Crippen molar-refractivity contribution in [3.8, 4) is 0 Å². The Morgan fingerprint density at radius 1 is 1.20 bits per heavy atom. The maximum atomic E-state index is 12.3. The van der Waals surface area contributed by atoms with Gasteiger partial charge in [0, 0.05) is 18.6 Å². The van der Waals surface area contributed by atoms with Gasteiger partial charge in [-0.15, -0.1) is 0 Å². The quantitative estimate of drug-likeness (QED) is 0.835. The normalized spacial score (nSPS) is 34.0. The molecule has 0 aromatic heterocycles. The van der Waals surface area contributed by atoms with Crippen LogP contribution in [0.2, 0.25) is 0 Å². The Labute approximate surface area is 120 Å². The van der Waals surface area contributed by atoms with Crippen molar-refractivity contribution in [2.45, 2.75) is 64.5 Å². The zero-order chi connectivity index (χ0) is 14.7. The van der Waals surface area contributed by atoms with Gasteiger partial charge in [0.1, 0.15) is 0 Å². The van der Waals surface area contributed by atoms with Crippen molar-refractivity contribution in [2.75, 3.05) is 6.54 Å². The number of urea groups is 1. The first-order valence-electron chi connectivity index (χ1n) is 7.82. The molecule has 0 radical (unpaired) electrons. The number of amides is 2. The Kier molecular flexibility index (Phi) is 4.89. The largest absolute Gasteiger partial charge is 0.481 e. The molecule has 1 saturated carbocycles. The van der Waals surface area contributed by atoms with Gasteiger partial charge < -0.3 is 15.3 Å². The number of carbonyl (C=O) groups is 2. The molecule has 0 bridgehead atoms. The van der Waals surface area contributed by atoms with Crippen LogP contribution in [0.1, 0.15) is 52.4 Å². The van der Waals surface area contributed by atoms with Crippen molar-refractivity contribution in [3.05, 3.63) is 0 Å². The zero-order valence-electron chi connectivity index (χ0n) is 12.5. The molecule has 114 valence electrons. The Hall–Kier alpha value is -1.26. The summed E-state index contributed by atoms with van der Waals surface area (Å²) in [7, 11) is 0. The third-order valence-electron chi connectivity index (χ3n) is 4.97. The molecule has 1 saturated heterocycles. The van der Waals surface area contributed by atoms with Crippen LogP contribution in [0.25, 0.3) is 0 Å². The van der Waals surface area contributed by atoms with E-state index in [0.717, 1.165) is 32.2 Å². The van der Waals surface area contributed by atoms with Gasteiger partial charge in [-0.3, -0.25) is 4.79 Å². The second-order valence-electron chi connectivity index (χ2n) is 6.27. The summed E-state index contributed by atoms with van der Waals surface area (Å²) < 4.78 is 0. The van der Waals surface area contributed by atoms with Crippen molar-refractivity contribution in [2.24, 2.45) is 11.8 Å². The summed E-state index contributed by atoms with van der Waals surface area (Å²) in [4.78, 5) is 25.2. The minimum Gasteiger partial charge on any atom is -0.481 e. The van der Waals surface area contributed by atoms with E-state index < -0.39 is 5.97 Å². The van der Waals surface area contributed by atoms with Crippen LogP contribution < -0.4 is 5.32 Å². The number of nitrogens with zero attached hydrogens (tertiary/aromatic N) is 1. The van der Waals surface area contributed by atoms with Crippen LogP contribution in [-0.4, -0.2) is 40.6 Å². The summed E-state index contributed by atoms with van der Waals surface area (Å²) in [5, 5.41) is 12.1. The number of nitrogens with one attached hydrogen (secondary N) is 1. The van der Waals surface area contributed by atoms with Gasteiger partial charge in [0.2, 0.25) is 0 Å². The number of carbonyl (C=O) groups excluding carboxylic acids is 1. The van der Waals surface area contributed by atoms with Crippen LogP contribution in [0, 0.1) is 11.8 Å². The molecular formula is C15H26N2O3. The summed E-state index contributed by atoms with van der Waals surface area (Å²) in [5.74, 6) is -0.346. The highest BCUT2D eigenvalue weighted by Crippen LogP contribution is 2.28. The van der Waals surface area contributed by atoms with Crippen LogP contribution in [-0.2, 0) is 4.79 Å². The topological polar surface area (TPSA) is 69.6 Å². The van der Waals surface area contributed by atoms with Crippen LogP contribution in [0.4, 0.5) is 4.79 Å². The molecule has 2 atom stereocenters. The lowest BCUT2D eigenvalue weighted by atomic mass is 9.86. The smallest absolute Gasteiger partial charge is 0.317 e. The fourth-order valence-electron chi connectivity index (χ4n) is 3.63. The fraction of sp³-hybridized carbons (Fsp3) is 0.867. The molecule has 2 N–H and O–H groups in total. The zero-order valence-corrected chi connectivity index (χ0v) is 12.5. The second-order valence-corrected chi connectivity index (χ2v) is 6.27. The number of hydrogen-bond acceptors (Lipinski definition) is 2. The SMILES string of the molecule is CCC1C(C)CCN1C(=O)NC1CCC(C(=O)O)CC1. The molecule has 2 fully saturated rings. The second kappa shape index (κ2) is 6.46. The Morgan fingerprint density at radius 3 is 2.40 bits per heavy atom. The van der Waals surface area contributed by atoms with Gasteiger partial charge in [0.25, 0.3) is 0 Å². The van der Waals surface area contributed by atoms with Crippen molar-refractivity contribution in [3.63, 3.8) is 0 Å². The molecule has 5 nitrogen and oxygen atoms in total. The minimum atomic E-state index is -0.700. The first-order valence-corrected chi connectivity index (χ1v) is 7.82. The molecule has 1 aliphatic carbocycles. The van der Waals surface area contributed by atoms with E-state index in [-0.39, 0.29) is 18.0 Å². The summed E-state index contributed by atoms with van der Waals surface area (Å²) >= 11 is 0. The maximum Gasteiger partial charge on any atom is 0.317 e. The molecule has 2 rings (SSSR count). The molecule has 0 spiro atoms. The molecule has 1 heterocycles. The van der Waals surface area contributed by atoms with Crippen molar-refractivity contribution in [1.29, 1.82) is 0 Å². The number of carboxylic acids is 1. The van der Waals surface area contributed by atoms with Gasteiger partial charge in [-0.25, -0.2) is 4.79 Å². The lowest BCUT2D eigenvalue weighted by Gasteiger charge is -2.31. The standard InChI is InChI=1S/C15H26N2O3/c1-3-13-10(2)8-9-17(13)15(20)16-12-6-4-11(5-7-12)14(18)19/h10-13H,3-9H2,1-2H3,(H,16,20)(H,18,19). The van der Waals surface area contributed by atoms with Crippen molar-refractivity contribution in [1.82, 2.24) is 10.2 Å². The van der Waals surface area contributed by atoms with Gasteiger partial charge in [-0.1, -0.05) is 13.8 Å². The first kappa shape index (κ1) is 15.1. The summed E-state index contributed by atoms with van der Waals surface area (Å²) in [6.07, 6.45) is 4.99. The lowest BCUT2D eigenvalue weighted by Crippen LogP contribution is -2.48. The van der Waals surface area contributed by atoms with E-state index in [2.05, 4.69) is 19.2 Å². The lowest BCUT2D eigenvalue weighted by molar-refractivity contribution is -0.142. The van der Waals surface area contributed by atoms with Crippen LogP contribution >= 0.6 is 0 Å². The third kappa shape index (κ3) is 3.25. The highest BCUT2D eigenvalue weighted by Gasteiger charge is 2.34. The number of likely N-dealkylation sites (tertiary alicyclic amines) is 1. The average molecular weight is 282 g/mol. The first-order chi connectivity index (χ1) is 9.52. The molecule has 2 amide bonds. The summed E-state index contributed by atoms with van der Waals surface area (Å²) in [5.41, 5.74) is 0. The monoisotopic (exact) mass is 282 g/mol. The molecule has 0 aromatic carbocycles. The fourth-order valence-corrected chi connectivity index (χ4v) is 3.63. The number of rotatable bonds is 3. The van der Waals surface area contributed by atoms with E-state index in [1.54, 1.807) is 0 Å². The van der Waals surface area contributed by atoms with Gasteiger partial charge in [-0.2, -0.15) is 0 Å². The highest BCUT2D eigenvalue weighted by atomic mass is 16.4. The Balaban J connectivity index is 1.82. The van der Waals surface area contributed by atoms with E-state index in [1.807, 2.05) is 4.90 Å². The maximum absolute atomic E-state index is 12.3. The van der Waals surface area contributed by atoms with E-state index in [4.69, 9.17) is 5.11 Å². The Morgan fingerprint density at radius 2 is 1.85 bits per heavy atom. The predicted octanol–water partition coefficient (Wildman–Crippen LogP) is 2.46. The predicted molar refractivity (Wildman–Crippen MR) is 76.5 cm³/mol. The molecule has 2 unspecified atom stereocenters. The number of aliphatic carboxylic acids is 1. The highest BCUT2D eigenvalue weighted by molar-refractivity contribution is 5.75. The molecule has 5 heteroatoms. The van der Waals surface area contributed by atoms with Gasteiger partial charge in [0.05, 0.1) is 5.92 Å². The Bertz CT molecular complexity index is 364. The van der Waals surface area contributed by atoms with Gasteiger partial charge in [-0.05, 0) is 44.4 Å². The summed E-state index contributed by atoms with van der Waals surface area (Å²) in [6, 6.07) is 0.539. The number of hydrogen-bond donors (Lipinski definition) is 2. The van der Waals surface area contributed by atoms with Crippen LogP contribution in [0.3, 0.4) is 0 Å². The van der Waals surface area contributed by atoms with Gasteiger partial charge in [0.15, 0.2) is 0 Å². The van der Waals surface area contributed by atoms with Crippen molar-refractivity contribution < 1.29 is 14.7 Å². The van der Waals surface area contributed by atoms with E-state index in [1.165, 1.54) is 0 Å².